The molecule has 1 amide bonds. The second-order valence-corrected chi connectivity index (χ2v) is 7.49. The zero-order valence-corrected chi connectivity index (χ0v) is 16.4. The Morgan fingerprint density at radius 3 is 2.62 bits per heavy atom. The van der Waals surface area contributed by atoms with Gasteiger partial charge in [-0.2, -0.15) is 0 Å². The molecular formula is C18H30NO6P. The molecule has 0 bridgehead atoms. The summed E-state index contributed by atoms with van der Waals surface area (Å²) in [6.45, 7) is 2.24. The van der Waals surface area contributed by atoms with Crippen molar-refractivity contribution in [3.05, 3.63) is 35.4 Å². The summed E-state index contributed by atoms with van der Waals surface area (Å²) in [4.78, 5) is 30.1. The Labute approximate surface area is 155 Å². The van der Waals surface area contributed by atoms with E-state index in [2.05, 4.69) is 16.8 Å². The first-order valence-corrected chi connectivity index (χ1v) is 10.5. The Morgan fingerprint density at radius 2 is 1.96 bits per heavy atom. The normalized spacial score (nSPS) is 12.8. The van der Waals surface area contributed by atoms with Gasteiger partial charge in [0.25, 0.3) is 0 Å². The predicted octanol–water partition coefficient (Wildman–Crippen LogP) is 3.46. The number of carbonyl (C=O) groups excluding carboxylic acids is 1. The van der Waals surface area contributed by atoms with E-state index in [-0.39, 0.29) is 12.5 Å². The highest BCUT2D eigenvalue weighted by Gasteiger charge is 2.21. The molecule has 7 nitrogen and oxygen atoms in total. The van der Waals surface area contributed by atoms with Gasteiger partial charge in [-0.3, -0.25) is 9.32 Å². The molecule has 1 rings (SSSR count). The highest BCUT2D eigenvalue weighted by atomic mass is 31.2. The number of ether oxygens (including phenoxy) is 1. The van der Waals surface area contributed by atoms with Gasteiger partial charge in [0.2, 0.25) is 5.91 Å². The largest absolute Gasteiger partial charge is 0.469 e. The number of benzene rings is 1. The molecule has 0 saturated carbocycles. The van der Waals surface area contributed by atoms with Gasteiger partial charge in [0.15, 0.2) is 0 Å². The van der Waals surface area contributed by atoms with E-state index in [1.54, 1.807) is 13.2 Å². The van der Waals surface area contributed by atoms with Crippen LogP contribution in [-0.2, 0) is 25.2 Å². The van der Waals surface area contributed by atoms with Crippen LogP contribution in [0.25, 0.3) is 0 Å². The third-order valence-electron chi connectivity index (χ3n) is 3.92. The van der Waals surface area contributed by atoms with E-state index in [0.717, 1.165) is 37.7 Å². The highest BCUT2D eigenvalue weighted by Crippen LogP contribution is 2.37. The Balaban J connectivity index is 2.70. The van der Waals surface area contributed by atoms with Gasteiger partial charge in [-0.1, -0.05) is 56.9 Å². The molecule has 3 N–H and O–H groups in total. The lowest BCUT2D eigenvalue weighted by molar-refractivity contribution is -0.122. The van der Waals surface area contributed by atoms with Crippen LogP contribution in [0.15, 0.2) is 24.3 Å². The maximum Gasteiger partial charge on any atom is 0.469 e. The summed E-state index contributed by atoms with van der Waals surface area (Å²) < 4.78 is 20.8. The molecule has 0 aromatic heterocycles. The zero-order chi connectivity index (χ0) is 19.4. The molecule has 1 unspecified atom stereocenters. The van der Waals surface area contributed by atoms with Crippen molar-refractivity contribution in [2.24, 2.45) is 0 Å². The van der Waals surface area contributed by atoms with Gasteiger partial charge in [0, 0.05) is 13.5 Å². The van der Waals surface area contributed by atoms with Crippen molar-refractivity contribution in [1.82, 2.24) is 5.32 Å². The Hall–Kier alpha value is -1.24. The first-order valence-electron chi connectivity index (χ1n) is 8.93. The van der Waals surface area contributed by atoms with Crippen LogP contribution in [0.5, 0.6) is 0 Å². The topological polar surface area (TPSA) is 105 Å². The fourth-order valence-corrected chi connectivity index (χ4v) is 2.96. The number of phosphoric ester groups is 1. The standard InChI is InChI=1S/C18H30NO6P/c1-3-4-5-6-7-11-18(20)19-17(14-25-26(21,22)23)16-10-8-9-15(12-16)13-24-2/h8-10,12,17H,3-7,11,13-14H2,1-2H3,(H,19,20)(H2,21,22,23). The molecule has 0 aliphatic rings. The number of carbonyl (C=O) groups is 1. The van der Waals surface area contributed by atoms with Crippen molar-refractivity contribution in [2.45, 2.75) is 58.1 Å². The van der Waals surface area contributed by atoms with Gasteiger partial charge >= 0.3 is 7.82 Å². The quantitative estimate of drug-likeness (QED) is 0.354. The number of amides is 1. The van der Waals surface area contributed by atoms with Gasteiger partial charge in [-0.25, -0.2) is 4.57 Å². The average Bonchev–Trinajstić information content (AvgIpc) is 2.58. The molecule has 0 heterocycles. The number of hydrogen-bond donors (Lipinski definition) is 3. The van der Waals surface area contributed by atoms with Crippen LogP contribution in [0.2, 0.25) is 0 Å². The van der Waals surface area contributed by atoms with Crippen molar-refractivity contribution < 1.29 is 28.4 Å². The molecule has 1 aromatic rings. The van der Waals surface area contributed by atoms with E-state index in [9.17, 15) is 9.36 Å². The molecule has 0 aliphatic heterocycles. The minimum Gasteiger partial charge on any atom is -0.380 e. The Bertz CT molecular complexity index is 589. The van der Waals surface area contributed by atoms with Gasteiger partial charge in [0.1, 0.15) is 0 Å². The van der Waals surface area contributed by atoms with Crippen LogP contribution in [0.3, 0.4) is 0 Å². The smallest absolute Gasteiger partial charge is 0.380 e. The summed E-state index contributed by atoms with van der Waals surface area (Å²) >= 11 is 0. The van der Waals surface area contributed by atoms with Crippen LogP contribution < -0.4 is 5.32 Å². The Morgan fingerprint density at radius 1 is 1.23 bits per heavy atom. The van der Waals surface area contributed by atoms with Crippen molar-refractivity contribution in [2.75, 3.05) is 13.7 Å². The molecule has 0 aliphatic carbocycles. The third kappa shape index (κ3) is 10.0. The van der Waals surface area contributed by atoms with Crippen molar-refractivity contribution >= 4 is 13.7 Å². The molecule has 0 spiro atoms. The van der Waals surface area contributed by atoms with Gasteiger partial charge in [-0.05, 0) is 17.5 Å². The first kappa shape index (κ1) is 22.8. The van der Waals surface area contributed by atoms with Gasteiger partial charge in [-0.15, -0.1) is 0 Å². The fourth-order valence-electron chi connectivity index (χ4n) is 2.61. The molecular weight excluding hydrogens is 357 g/mol. The van der Waals surface area contributed by atoms with E-state index in [0.29, 0.717) is 18.6 Å². The predicted molar refractivity (Wildman–Crippen MR) is 99.4 cm³/mol. The summed E-state index contributed by atoms with van der Waals surface area (Å²) in [7, 11) is -3.03. The molecule has 148 valence electrons. The summed E-state index contributed by atoms with van der Waals surface area (Å²) in [6.07, 6.45) is 5.58. The maximum absolute atomic E-state index is 12.2. The number of unbranched alkanes of at least 4 members (excludes halogenated alkanes) is 4. The molecule has 0 fully saturated rings. The van der Waals surface area contributed by atoms with Gasteiger partial charge in [0.05, 0.1) is 19.3 Å². The zero-order valence-electron chi connectivity index (χ0n) is 15.5. The van der Waals surface area contributed by atoms with Crippen molar-refractivity contribution in [3.63, 3.8) is 0 Å². The minimum atomic E-state index is -4.62. The van der Waals surface area contributed by atoms with E-state index >= 15 is 0 Å². The second kappa shape index (κ2) is 12.2. The molecule has 0 saturated heterocycles. The molecule has 26 heavy (non-hydrogen) atoms. The minimum absolute atomic E-state index is 0.155. The van der Waals surface area contributed by atoms with E-state index in [4.69, 9.17) is 14.5 Å². The number of hydrogen-bond acceptors (Lipinski definition) is 4. The highest BCUT2D eigenvalue weighted by molar-refractivity contribution is 7.46. The van der Waals surface area contributed by atoms with Crippen LogP contribution in [0, 0.1) is 0 Å². The van der Waals surface area contributed by atoms with Crippen LogP contribution in [-0.4, -0.2) is 29.4 Å². The summed E-state index contributed by atoms with van der Waals surface area (Å²) in [5, 5.41) is 2.82. The number of nitrogens with one attached hydrogen (secondary N) is 1. The first-order chi connectivity index (χ1) is 12.4. The molecule has 1 atom stereocenters. The molecule has 8 heteroatoms. The van der Waals surface area contributed by atoms with Crippen LogP contribution in [0.4, 0.5) is 0 Å². The third-order valence-corrected chi connectivity index (χ3v) is 4.40. The molecule has 0 radical (unpaired) electrons. The number of methoxy groups -OCH3 is 1. The maximum atomic E-state index is 12.2. The average molecular weight is 387 g/mol. The van der Waals surface area contributed by atoms with Crippen LogP contribution in [0.1, 0.15) is 62.6 Å². The van der Waals surface area contributed by atoms with E-state index in [1.807, 2.05) is 18.2 Å². The van der Waals surface area contributed by atoms with E-state index < -0.39 is 13.9 Å². The summed E-state index contributed by atoms with van der Waals surface area (Å²) in [5.74, 6) is -0.155. The number of phosphoric acid groups is 1. The van der Waals surface area contributed by atoms with Gasteiger partial charge < -0.3 is 19.8 Å². The lowest BCUT2D eigenvalue weighted by Crippen LogP contribution is -2.31. The fraction of sp³-hybridized carbons (Fsp3) is 0.611. The summed E-state index contributed by atoms with van der Waals surface area (Å²) in [5.41, 5.74) is 1.62. The monoisotopic (exact) mass is 387 g/mol. The number of rotatable bonds is 13. The van der Waals surface area contributed by atoms with Crippen LogP contribution >= 0.6 is 7.82 Å². The lowest BCUT2D eigenvalue weighted by atomic mass is 10.0. The lowest BCUT2D eigenvalue weighted by Gasteiger charge is -2.20. The molecule has 1 aromatic carbocycles. The Kier molecular flexibility index (Phi) is 10.7. The summed E-state index contributed by atoms with van der Waals surface area (Å²) in [6, 6.07) is 6.67. The SMILES string of the molecule is CCCCCCCC(=O)NC(COP(=O)(O)O)c1cccc(COC)c1. The second-order valence-electron chi connectivity index (χ2n) is 6.25. The van der Waals surface area contributed by atoms with Crippen molar-refractivity contribution in [1.29, 1.82) is 0 Å². The van der Waals surface area contributed by atoms with Crippen molar-refractivity contribution in [3.8, 4) is 0 Å². The van der Waals surface area contributed by atoms with E-state index in [1.165, 1.54) is 0 Å².